The molecule has 1 saturated heterocycles. The van der Waals surface area contributed by atoms with Crippen LogP contribution in [0.5, 0.6) is 0 Å². The van der Waals surface area contributed by atoms with Crippen LogP contribution in [-0.4, -0.2) is 24.7 Å². The first-order valence-electron chi connectivity index (χ1n) is 4.83. The highest BCUT2D eigenvalue weighted by molar-refractivity contribution is 5.80. The molecule has 1 fully saturated rings. The minimum atomic E-state index is -0.118. The Bertz CT molecular complexity index is 195. The van der Waals surface area contributed by atoms with Crippen LogP contribution in [-0.2, 0) is 9.53 Å². The molecule has 0 aliphatic carbocycles. The van der Waals surface area contributed by atoms with Gasteiger partial charge in [0.2, 0.25) is 5.91 Å². The van der Waals surface area contributed by atoms with Crippen LogP contribution in [0.2, 0.25) is 0 Å². The van der Waals surface area contributed by atoms with Crippen LogP contribution >= 0.6 is 0 Å². The third-order valence-corrected chi connectivity index (χ3v) is 2.90. The van der Waals surface area contributed by atoms with E-state index in [1.54, 1.807) is 0 Å². The van der Waals surface area contributed by atoms with Gasteiger partial charge in [0.15, 0.2) is 0 Å². The number of ether oxygens (including phenoxy) is 1. The molecule has 0 unspecified atom stereocenters. The lowest BCUT2D eigenvalue weighted by Gasteiger charge is -2.34. The minimum Gasteiger partial charge on any atom is -0.380 e. The highest BCUT2D eigenvalue weighted by Gasteiger charge is 2.31. The molecule has 0 atom stereocenters. The molecule has 0 aromatic rings. The van der Waals surface area contributed by atoms with Crippen molar-refractivity contribution in [2.75, 3.05) is 13.2 Å². The molecule has 1 aliphatic heterocycles. The molecule has 1 N–H and O–H groups in total. The predicted molar refractivity (Wildman–Crippen MR) is 51.4 cm³/mol. The Labute approximate surface area is 79.8 Å². The summed E-state index contributed by atoms with van der Waals surface area (Å²) in [6, 6.07) is 0. The lowest BCUT2D eigenvalue weighted by Crippen LogP contribution is -2.53. The highest BCUT2D eigenvalue weighted by Crippen LogP contribution is 2.17. The second kappa shape index (κ2) is 3.66. The number of hydrogen-bond donors (Lipinski definition) is 1. The van der Waals surface area contributed by atoms with Crippen LogP contribution in [0.4, 0.5) is 0 Å². The number of carbonyl (C=O) groups is 1. The molecule has 3 heteroatoms. The molecule has 13 heavy (non-hydrogen) atoms. The maximum atomic E-state index is 11.6. The van der Waals surface area contributed by atoms with Crippen LogP contribution < -0.4 is 5.32 Å². The minimum absolute atomic E-state index is 0.0815. The molecule has 0 aromatic carbocycles. The first-order chi connectivity index (χ1) is 5.93. The highest BCUT2D eigenvalue weighted by atomic mass is 16.5. The summed E-state index contributed by atoms with van der Waals surface area (Å²) in [4.78, 5) is 11.6. The molecule has 1 rings (SSSR count). The number of carbonyl (C=O) groups excluding carboxylic acids is 1. The van der Waals surface area contributed by atoms with E-state index < -0.39 is 0 Å². The van der Waals surface area contributed by atoms with Gasteiger partial charge in [0.05, 0.1) is 19.1 Å². The lowest BCUT2D eigenvalue weighted by atomic mass is 9.90. The molecule has 76 valence electrons. The Kier molecular flexibility index (Phi) is 2.96. The third-order valence-electron chi connectivity index (χ3n) is 2.90. The van der Waals surface area contributed by atoms with Crippen LogP contribution in [0, 0.1) is 11.8 Å². The first-order valence-corrected chi connectivity index (χ1v) is 4.83. The Morgan fingerprint density at radius 2 is 2.00 bits per heavy atom. The average molecular weight is 185 g/mol. The smallest absolute Gasteiger partial charge is 0.228 e. The zero-order valence-corrected chi connectivity index (χ0v) is 8.89. The predicted octanol–water partition coefficient (Wildman–Crippen LogP) is 1.18. The van der Waals surface area contributed by atoms with Crippen molar-refractivity contribution in [2.24, 2.45) is 11.8 Å². The maximum Gasteiger partial charge on any atom is 0.228 e. The largest absolute Gasteiger partial charge is 0.380 e. The summed E-state index contributed by atoms with van der Waals surface area (Å²) >= 11 is 0. The molecule has 0 saturated carbocycles. The van der Waals surface area contributed by atoms with E-state index in [4.69, 9.17) is 4.74 Å². The van der Waals surface area contributed by atoms with Gasteiger partial charge in [0.25, 0.3) is 0 Å². The molecule has 0 radical (unpaired) electrons. The molecule has 3 nitrogen and oxygen atoms in total. The van der Waals surface area contributed by atoms with E-state index in [0.29, 0.717) is 19.1 Å². The van der Waals surface area contributed by atoms with Crippen LogP contribution in [0.1, 0.15) is 27.7 Å². The average Bonchev–Trinajstić information content (AvgIpc) is 1.80. The lowest BCUT2D eigenvalue weighted by molar-refractivity contribution is -0.141. The standard InChI is InChI=1S/C10H19NO2/c1-7(2)10(3,4)11-9(12)8-5-13-6-8/h7-8H,5-6H2,1-4H3,(H,11,12). The fourth-order valence-corrected chi connectivity index (χ4v) is 0.951. The van der Waals surface area contributed by atoms with E-state index in [0.717, 1.165) is 0 Å². The molecule has 0 bridgehead atoms. The van der Waals surface area contributed by atoms with Gasteiger partial charge < -0.3 is 10.1 Å². The summed E-state index contributed by atoms with van der Waals surface area (Å²) in [5.74, 6) is 0.653. The zero-order valence-electron chi connectivity index (χ0n) is 8.89. The molecule has 1 aliphatic rings. The van der Waals surface area contributed by atoms with Crippen molar-refractivity contribution in [1.82, 2.24) is 5.32 Å². The Balaban J connectivity index is 2.42. The van der Waals surface area contributed by atoms with Gasteiger partial charge in [-0.05, 0) is 19.8 Å². The van der Waals surface area contributed by atoms with Gasteiger partial charge in [0, 0.05) is 5.54 Å². The van der Waals surface area contributed by atoms with Gasteiger partial charge in [-0.3, -0.25) is 4.79 Å². The Morgan fingerprint density at radius 3 is 2.31 bits per heavy atom. The number of nitrogens with one attached hydrogen (secondary N) is 1. The molecule has 0 aromatic heterocycles. The Morgan fingerprint density at radius 1 is 1.46 bits per heavy atom. The summed E-state index contributed by atoms with van der Waals surface area (Å²) in [6.07, 6.45) is 0. The van der Waals surface area contributed by atoms with Gasteiger partial charge in [-0.25, -0.2) is 0 Å². The number of rotatable bonds is 3. The van der Waals surface area contributed by atoms with Crippen LogP contribution in [0.15, 0.2) is 0 Å². The van der Waals surface area contributed by atoms with Gasteiger partial charge >= 0.3 is 0 Å². The van der Waals surface area contributed by atoms with Crippen molar-refractivity contribution >= 4 is 5.91 Å². The van der Waals surface area contributed by atoms with Gasteiger partial charge in [-0.2, -0.15) is 0 Å². The molecule has 1 heterocycles. The number of hydrogen-bond acceptors (Lipinski definition) is 2. The number of amides is 1. The van der Waals surface area contributed by atoms with Crippen molar-refractivity contribution in [3.8, 4) is 0 Å². The van der Waals surface area contributed by atoms with E-state index in [1.807, 2.05) is 0 Å². The van der Waals surface area contributed by atoms with E-state index in [2.05, 4.69) is 33.0 Å². The third kappa shape index (κ3) is 2.44. The topological polar surface area (TPSA) is 38.3 Å². The van der Waals surface area contributed by atoms with Crippen molar-refractivity contribution in [1.29, 1.82) is 0 Å². The fourth-order valence-electron chi connectivity index (χ4n) is 0.951. The summed E-state index contributed by atoms with van der Waals surface area (Å²) in [5, 5.41) is 3.04. The first kappa shape index (κ1) is 10.5. The van der Waals surface area contributed by atoms with Crippen molar-refractivity contribution in [3.63, 3.8) is 0 Å². The second-order valence-electron chi connectivity index (χ2n) is 4.60. The molecule has 1 amide bonds. The maximum absolute atomic E-state index is 11.6. The van der Waals surface area contributed by atoms with Crippen molar-refractivity contribution in [2.45, 2.75) is 33.2 Å². The van der Waals surface area contributed by atoms with E-state index in [-0.39, 0.29) is 17.4 Å². The van der Waals surface area contributed by atoms with Crippen molar-refractivity contribution < 1.29 is 9.53 Å². The summed E-state index contributed by atoms with van der Waals surface area (Å²) in [7, 11) is 0. The quantitative estimate of drug-likeness (QED) is 0.717. The van der Waals surface area contributed by atoms with E-state index in [9.17, 15) is 4.79 Å². The van der Waals surface area contributed by atoms with Crippen LogP contribution in [0.25, 0.3) is 0 Å². The SMILES string of the molecule is CC(C)C(C)(C)NC(=O)C1COC1. The summed E-state index contributed by atoms with van der Waals surface area (Å²) in [5.41, 5.74) is -0.118. The second-order valence-corrected chi connectivity index (χ2v) is 4.60. The monoisotopic (exact) mass is 185 g/mol. The summed E-state index contributed by atoms with van der Waals surface area (Å²) in [6.45, 7) is 9.49. The normalized spacial score (nSPS) is 18.5. The molecule has 0 spiro atoms. The molecular formula is C10H19NO2. The van der Waals surface area contributed by atoms with E-state index >= 15 is 0 Å². The van der Waals surface area contributed by atoms with Crippen LogP contribution in [0.3, 0.4) is 0 Å². The van der Waals surface area contributed by atoms with Gasteiger partial charge in [-0.15, -0.1) is 0 Å². The summed E-state index contributed by atoms with van der Waals surface area (Å²) < 4.78 is 4.97. The molecular weight excluding hydrogens is 166 g/mol. The fraction of sp³-hybridized carbons (Fsp3) is 0.900. The van der Waals surface area contributed by atoms with Crippen molar-refractivity contribution in [3.05, 3.63) is 0 Å². The zero-order chi connectivity index (χ0) is 10.1. The van der Waals surface area contributed by atoms with Gasteiger partial charge in [-0.1, -0.05) is 13.8 Å². The van der Waals surface area contributed by atoms with E-state index in [1.165, 1.54) is 0 Å². The Hall–Kier alpha value is -0.570. The van der Waals surface area contributed by atoms with Gasteiger partial charge in [0.1, 0.15) is 0 Å².